The van der Waals surface area contributed by atoms with E-state index in [1.165, 1.54) is 37.6 Å². The van der Waals surface area contributed by atoms with Crippen molar-refractivity contribution >= 4 is 12.0 Å². The minimum atomic E-state index is -1.00. The third-order valence-corrected chi connectivity index (χ3v) is 3.85. The van der Waals surface area contributed by atoms with E-state index in [9.17, 15) is 9.59 Å². The molecule has 1 aliphatic rings. The van der Waals surface area contributed by atoms with Gasteiger partial charge in [0.15, 0.2) is 0 Å². The van der Waals surface area contributed by atoms with E-state index in [4.69, 9.17) is 5.11 Å². The summed E-state index contributed by atoms with van der Waals surface area (Å²) in [6.45, 7) is 3.15. The van der Waals surface area contributed by atoms with Crippen molar-refractivity contribution in [3.8, 4) is 0 Å². The average molecular weight is 291 g/mol. The minimum Gasteiger partial charge on any atom is -0.478 e. The van der Waals surface area contributed by atoms with Gasteiger partial charge in [0.05, 0.1) is 17.8 Å². The molecule has 114 valence electrons. The maximum absolute atomic E-state index is 11.7. The van der Waals surface area contributed by atoms with Crippen LogP contribution in [-0.2, 0) is 6.54 Å². The summed E-state index contributed by atoms with van der Waals surface area (Å²) < 4.78 is 0. The maximum Gasteiger partial charge on any atom is 0.335 e. The van der Waals surface area contributed by atoms with Crippen LogP contribution in [0, 0.1) is 11.8 Å². The maximum atomic E-state index is 11.7. The lowest BCUT2D eigenvalue weighted by Gasteiger charge is -2.12. The van der Waals surface area contributed by atoms with Crippen LogP contribution in [0.5, 0.6) is 0 Å². The number of aromatic nitrogens is 1. The third kappa shape index (κ3) is 4.73. The smallest absolute Gasteiger partial charge is 0.335 e. The van der Waals surface area contributed by atoms with Crippen LogP contribution in [0.2, 0.25) is 0 Å². The predicted molar refractivity (Wildman–Crippen MR) is 77.9 cm³/mol. The van der Waals surface area contributed by atoms with Crippen LogP contribution in [0.15, 0.2) is 18.3 Å². The van der Waals surface area contributed by atoms with E-state index in [2.05, 4.69) is 22.5 Å². The van der Waals surface area contributed by atoms with Crippen molar-refractivity contribution in [1.82, 2.24) is 15.6 Å². The van der Waals surface area contributed by atoms with Crippen molar-refractivity contribution < 1.29 is 14.7 Å². The van der Waals surface area contributed by atoms with E-state index in [1.807, 2.05) is 0 Å². The highest BCUT2D eigenvalue weighted by Crippen LogP contribution is 2.29. The summed E-state index contributed by atoms with van der Waals surface area (Å²) in [6, 6.07) is 2.64. The monoisotopic (exact) mass is 291 g/mol. The number of pyridine rings is 1. The van der Waals surface area contributed by atoms with Gasteiger partial charge in [-0.25, -0.2) is 9.59 Å². The molecule has 2 rings (SSSR count). The highest BCUT2D eigenvalue weighted by atomic mass is 16.4. The molecule has 6 nitrogen and oxygen atoms in total. The van der Waals surface area contributed by atoms with Gasteiger partial charge in [-0.1, -0.05) is 13.3 Å². The molecular weight excluding hydrogens is 270 g/mol. The molecule has 0 aliphatic heterocycles. The van der Waals surface area contributed by atoms with Gasteiger partial charge in [0.25, 0.3) is 0 Å². The zero-order valence-electron chi connectivity index (χ0n) is 12.1. The Morgan fingerprint density at radius 2 is 2.19 bits per heavy atom. The van der Waals surface area contributed by atoms with Gasteiger partial charge in [-0.15, -0.1) is 0 Å². The van der Waals surface area contributed by atoms with E-state index in [-0.39, 0.29) is 18.1 Å². The zero-order valence-corrected chi connectivity index (χ0v) is 12.1. The Balaban J connectivity index is 1.73. The van der Waals surface area contributed by atoms with Crippen molar-refractivity contribution in [3.63, 3.8) is 0 Å². The Morgan fingerprint density at radius 1 is 1.38 bits per heavy atom. The second-order valence-corrected chi connectivity index (χ2v) is 5.69. The first-order valence-corrected chi connectivity index (χ1v) is 7.24. The third-order valence-electron chi connectivity index (χ3n) is 3.85. The van der Waals surface area contributed by atoms with E-state index in [0.717, 1.165) is 5.92 Å². The fourth-order valence-corrected chi connectivity index (χ4v) is 2.69. The van der Waals surface area contributed by atoms with Gasteiger partial charge in [0.2, 0.25) is 0 Å². The fraction of sp³-hybridized carbons (Fsp3) is 0.533. The molecule has 21 heavy (non-hydrogen) atoms. The fourth-order valence-electron chi connectivity index (χ4n) is 2.69. The first-order chi connectivity index (χ1) is 10.0. The van der Waals surface area contributed by atoms with Crippen LogP contribution in [0.3, 0.4) is 0 Å². The number of nitrogens with zero attached hydrogens (tertiary/aromatic N) is 1. The number of carboxylic acid groups (broad SMARTS) is 1. The Morgan fingerprint density at radius 3 is 2.86 bits per heavy atom. The Kier molecular flexibility index (Phi) is 5.14. The molecule has 1 saturated carbocycles. The SMILES string of the molecule is CC1CCC(CNC(=O)NCc2cc(C(=O)O)ccn2)C1. The molecule has 2 amide bonds. The van der Waals surface area contributed by atoms with Crippen molar-refractivity contribution in [2.45, 2.75) is 32.7 Å². The molecule has 1 heterocycles. The average Bonchev–Trinajstić information content (AvgIpc) is 2.89. The molecule has 0 saturated heterocycles. The normalized spacial score (nSPS) is 21.0. The second kappa shape index (κ2) is 7.06. The predicted octanol–water partition coefficient (Wildman–Crippen LogP) is 2.02. The lowest BCUT2D eigenvalue weighted by molar-refractivity contribution is 0.0696. The molecule has 3 N–H and O–H groups in total. The minimum absolute atomic E-state index is 0.169. The Hall–Kier alpha value is -2.11. The molecular formula is C15H21N3O3. The molecule has 1 aliphatic carbocycles. The van der Waals surface area contributed by atoms with Crippen LogP contribution >= 0.6 is 0 Å². The topological polar surface area (TPSA) is 91.3 Å². The number of amides is 2. The molecule has 0 bridgehead atoms. The van der Waals surface area contributed by atoms with Crippen LogP contribution in [0.1, 0.15) is 42.2 Å². The van der Waals surface area contributed by atoms with Gasteiger partial charge in [0.1, 0.15) is 0 Å². The van der Waals surface area contributed by atoms with Gasteiger partial charge in [-0.2, -0.15) is 0 Å². The molecule has 0 radical (unpaired) electrons. The number of urea groups is 1. The standard InChI is InChI=1S/C15H21N3O3/c1-10-2-3-11(6-10)8-17-15(21)18-9-13-7-12(14(19)20)4-5-16-13/h4-5,7,10-11H,2-3,6,8-9H2,1H3,(H,19,20)(H2,17,18,21). The van der Waals surface area contributed by atoms with Gasteiger partial charge in [0, 0.05) is 12.7 Å². The van der Waals surface area contributed by atoms with E-state index in [1.54, 1.807) is 0 Å². The van der Waals surface area contributed by atoms with Crippen molar-refractivity contribution in [2.24, 2.45) is 11.8 Å². The molecule has 1 aromatic heterocycles. The Bertz CT molecular complexity index is 519. The number of carbonyl (C=O) groups is 2. The second-order valence-electron chi connectivity index (χ2n) is 5.69. The molecule has 1 aromatic rings. The highest BCUT2D eigenvalue weighted by molar-refractivity contribution is 5.87. The summed E-state index contributed by atoms with van der Waals surface area (Å²) in [6.07, 6.45) is 5.00. The van der Waals surface area contributed by atoms with E-state index in [0.29, 0.717) is 18.2 Å². The molecule has 2 atom stereocenters. The number of rotatable bonds is 5. The van der Waals surface area contributed by atoms with Crippen LogP contribution in [0.25, 0.3) is 0 Å². The summed E-state index contributed by atoms with van der Waals surface area (Å²) in [5.74, 6) is 0.320. The molecule has 6 heteroatoms. The number of carbonyl (C=O) groups excluding carboxylic acids is 1. The lowest BCUT2D eigenvalue weighted by Crippen LogP contribution is -2.37. The molecule has 0 aromatic carbocycles. The molecule has 0 spiro atoms. The molecule has 1 fully saturated rings. The number of hydrogen-bond acceptors (Lipinski definition) is 3. The number of carboxylic acids is 1. The summed E-state index contributed by atoms with van der Waals surface area (Å²) >= 11 is 0. The number of nitrogens with one attached hydrogen (secondary N) is 2. The number of aromatic carboxylic acids is 1. The summed E-state index contributed by atoms with van der Waals surface area (Å²) in [5.41, 5.74) is 0.696. The van der Waals surface area contributed by atoms with Gasteiger partial charge in [-0.3, -0.25) is 4.98 Å². The largest absolute Gasteiger partial charge is 0.478 e. The highest BCUT2D eigenvalue weighted by Gasteiger charge is 2.21. The van der Waals surface area contributed by atoms with Crippen LogP contribution < -0.4 is 10.6 Å². The van der Waals surface area contributed by atoms with Crippen molar-refractivity contribution in [2.75, 3.05) is 6.54 Å². The molecule has 2 unspecified atom stereocenters. The van der Waals surface area contributed by atoms with Crippen LogP contribution in [0.4, 0.5) is 4.79 Å². The van der Waals surface area contributed by atoms with E-state index < -0.39 is 5.97 Å². The number of hydrogen-bond donors (Lipinski definition) is 3. The van der Waals surface area contributed by atoms with Crippen LogP contribution in [-0.4, -0.2) is 28.6 Å². The first kappa shape index (κ1) is 15.3. The lowest BCUT2D eigenvalue weighted by atomic mass is 10.1. The van der Waals surface area contributed by atoms with Gasteiger partial charge in [-0.05, 0) is 36.8 Å². The van der Waals surface area contributed by atoms with Gasteiger partial charge < -0.3 is 15.7 Å². The zero-order chi connectivity index (χ0) is 15.2. The summed E-state index contributed by atoms with van der Waals surface area (Å²) in [5, 5.41) is 14.4. The Labute approximate surface area is 124 Å². The van der Waals surface area contributed by atoms with Gasteiger partial charge >= 0.3 is 12.0 Å². The quantitative estimate of drug-likeness (QED) is 0.774. The van der Waals surface area contributed by atoms with Crippen molar-refractivity contribution in [3.05, 3.63) is 29.6 Å². The summed E-state index contributed by atoms with van der Waals surface area (Å²) in [7, 11) is 0. The first-order valence-electron chi connectivity index (χ1n) is 7.24. The van der Waals surface area contributed by atoms with Crippen molar-refractivity contribution in [1.29, 1.82) is 0 Å². The summed E-state index contributed by atoms with van der Waals surface area (Å²) in [4.78, 5) is 26.6. The van der Waals surface area contributed by atoms with E-state index >= 15 is 0 Å².